The number of amides is 2. The first-order valence-electron chi connectivity index (χ1n) is 9.46. The monoisotopic (exact) mass is 384 g/mol. The van der Waals surface area contributed by atoms with Gasteiger partial charge in [0.2, 0.25) is 0 Å². The maximum atomic E-state index is 12.8. The van der Waals surface area contributed by atoms with Gasteiger partial charge in [-0.2, -0.15) is 0 Å². The Morgan fingerprint density at radius 1 is 1.07 bits per heavy atom. The van der Waals surface area contributed by atoms with E-state index in [9.17, 15) is 9.59 Å². The Labute approximate surface area is 166 Å². The van der Waals surface area contributed by atoms with E-state index in [1.807, 2.05) is 61.5 Å². The van der Waals surface area contributed by atoms with Crippen LogP contribution >= 0.6 is 0 Å². The molecule has 0 bridgehead atoms. The SMILES string of the molecule is CCN(Cc1ccc(OC)cc1)C(=O)NC(CCC(=O)O)Cc1ccccc1. The molecule has 0 heterocycles. The second-order valence-electron chi connectivity index (χ2n) is 6.63. The third kappa shape index (κ3) is 6.95. The molecule has 2 N–H and O–H groups in total. The number of hydrogen-bond donors (Lipinski definition) is 2. The molecule has 0 radical (unpaired) electrons. The van der Waals surface area contributed by atoms with Gasteiger partial charge < -0.3 is 20.1 Å². The molecule has 150 valence electrons. The molecule has 0 saturated heterocycles. The summed E-state index contributed by atoms with van der Waals surface area (Å²) in [5, 5.41) is 12.0. The number of ether oxygens (including phenoxy) is 1. The molecule has 6 heteroatoms. The van der Waals surface area contributed by atoms with Crippen LogP contribution in [0.4, 0.5) is 4.79 Å². The van der Waals surface area contributed by atoms with Crippen molar-refractivity contribution in [3.05, 3.63) is 65.7 Å². The van der Waals surface area contributed by atoms with Crippen LogP contribution in [0.15, 0.2) is 54.6 Å². The number of aliphatic carboxylic acids is 1. The molecule has 6 nitrogen and oxygen atoms in total. The number of carboxylic acids is 1. The van der Waals surface area contributed by atoms with Crippen molar-refractivity contribution in [1.29, 1.82) is 0 Å². The zero-order valence-corrected chi connectivity index (χ0v) is 16.4. The van der Waals surface area contributed by atoms with E-state index < -0.39 is 5.97 Å². The van der Waals surface area contributed by atoms with Crippen molar-refractivity contribution in [3.63, 3.8) is 0 Å². The van der Waals surface area contributed by atoms with Crippen LogP contribution < -0.4 is 10.1 Å². The van der Waals surface area contributed by atoms with Crippen LogP contribution in [-0.4, -0.2) is 41.7 Å². The number of carbonyl (C=O) groups is 2. The Hall–Kier alpha value is -3.02. The van der Waals surface area contributed by atoms with Gasteiger partial charge in [-0.3, -0.25) is 4.79 Å². The molecule has 0 fully saturated rings. The molecule has 1 unspecified atom stereocenters. The first kappa shape index (κ1) is 21.3. The number of nitrogens with zero attached hydrogens (tertiary/aromatic N) is 1. The standard InChI is InChI=1S/C22H28N2O4/c1-3-24(16-18-9-12-20(28-2)13-10-18)22(27)23-19(11-14-21(25)26)15-17-7-5-4-6-8-17/h4-10,12-13,19H,3,11,14-16H2,1-2H3,(H,23,27)(H,25,26). The van der Waals surface area contributed by atoms with E-state index in [1.54, 1.807) is 12.0 Å². The quantitative estimate of drug-likeness (QED) is 0.655. The van der Waals surface area contributed by atoms with Crippen LogP contribution in [-0.2, 0) is 17.8 Å². The van der Waals surface area contributed by atoms with E-state index in [4.69, 9.17) is 9.84 Å². The molecule has 0 spiro atoms. The van der Waals surface area contributed by atoms with Gasteiger partial charge in [-0.1, -0.05) is 42.5 Å². The molecule has 0 aliphatic carbocycles. The van der Waals surface area contributed by atoms with Crippen LogP contribution in [0.1, 0.15) is 30.9 Å². The van der Waals surface area contributed by atoms with Crippen molar-refractivity contribution >= 4 is 12.0 Å². The van der Waals surface area contributed by atoms with Crippen LogP contribution in [0.2, 0.25) is 0 Å². The number of carbonyl (C=O) groups excluding carboxylic acids is 1. The summed E-state index contributed by atoms with van der Waals surface area (Å²) in [5.74, 6) is -0.0919. The Morgan fingerprint density at radius 3 is 2.32 bits per heavy atom. The minimum Gasteiger partial charge on any atom is -0.497 e. The highest BCUT2D eigenvalue weighted by Gasteiger charge is 2.19. The van der Waals surface area contributed by atoms with Crippen molar-refractivity contribution in [2.45, 2.75) is 38.8 Å². The van der Waals surface area contributed by atoms with Gasteiger partial charge in [0.15, 0.2) is 0 Å². The lowest BCUT2D eigenvalue weighted by Gasteiger charge is -2.26. The number of benzene rings is 2. The van der Waals surface area contributed by atoms with Crippen LogP contribution in [0.5, 0.6) is 5.75 Å². The van der Waals surface area contributed by atoms with Crippen molar-refractivity contribution in [1.82, 2.24) is 10.2 Å². The third-order valence-corrected chi connectivity index (χ3v) is 4.56. The highest BCUT2D eigenvalue weighted by molar-refractivity contribution is 5.74. The van der Waals surface area contributed by atoms with E-state index in [1.165, 1.54) is 0 Å². The number of urea groups is 1. The fourth-order valence-corrected chi connectivity index (χ4v) is 2.97. The Morgan fingerprint density at radius 2 is 1.75 bits per heavy atom. The lowest BCUT2D eigenvalue weighted by molar-refractivity contribution is -0.137. The maximum absolute atomic E-state index is 12.8. The average Bonchev–Trinajstić information content (AvgIpc) is 2.71. The predicted octanol–water partition coefficient (Wildman–Crippen LogP) is 3.70. The summed E-state index contributed by atoms with van der Waals surface area (Å²) in [6.45, 7) is 2.95. The fourth-order valence-electron chi connectivity index (χ4n) is 2.97. The van der Waals surface area contributed by atoms with E-state index in [-0.39, 0.29) is 18.5 Å². The van der Waals surface area contributed by atoms with Gasteiger partial charge in [-0.25, -0.2) is 4.79 Å². The highest BCUT2D eigenvalue weighted by atomic mass is 16.5. The lowest BCUT2D eigenvalue weighted by Crippen LogP contribution is -2.45. The molecule has 2 aromatic rings. The van der Waals surface area contributed by atoms with Gasteiger partial charge in [0.1, 0.15) is 5.75 Å². The number of carboxylic acid groups (broad SMARTS) is 1. The summed E-state index contributed by atoms with van der Waals surface area (Å²) in [6, 6.07) is 16.9. The zero-order chi connectivity index (χ0) is 20.4. The Bertz CT molecular complexity index is 747. The normalized spacial score (nSPS) is 11.5. The molecular formula is C22H28N2O4. The van der Waals surface area contributed by atoms with E-state index >= 15 is 0 Å². The largest absolute Gasteiger partial charge is 0.497 e. The molecule has 0 aliphatic rings. The second kappa shape index (κ2) is 11.0. The van der Waals surface area contributed by atoms with Gasteiger partial charge in [-0.05, 0) is 43.0 Å². The van der Waals surface area contributed by atoms with E-state index in [2.05, 4.69) is 5.32 Å². The highest BCUT2D eigenvalue weighted by Crippen LogP contribution is 2.14. The molecule has 2 aromatic carbocycles. The third-order valence-electron chi connectivity index (χ3n) is 4.56. The van der Waals surface area contributed by atoms with Crippen LogP contribution in [0, 0.1) is 0 Å². The first-order valence-corrected chi connectivity index (χ1v) is 9.46. The van der Waals surface area contributed by atoms with Gasteiger partial charge in [0.25, 0.3) is 0 Å². The lowest BCUT2D eigenvalue weighted by atomic mass is 10.0. The van der Waals surface area contributed by atoms with Gasteiger partial charge in [-0.15, -0.1) is 0 Å². The first-order chi connectivity index (χ1) is 13.5. The average molecular weight is 384 g/mol. The Kier molecular flexibility index (Phi) is 8.34. The maximum Gasteiger partial charge on any atom is 0.317 e. The summed E-state index contributed by atoms with van der Waals surface area (Å²) in [7, 11) is 1.62. The zero-order valence-electron chi connectivity index (χ0n) is 16.4. The van der Waals surface area contributed by atoms with Crippen molar-refractivity contribution in [2.75, 3.05) is 13.7 Å². The fraction of sp³-hybridized carbons (Fsp3) is 0.364. The van der Waals surface area contributed by atoms with Gasteiger partial charge in [0, 0.05) is 25.6 Å². The van der Waals surface area contributed by atoms with E-state index in [0.717, 1.165) is 16.9 Å². The molecule has 0 aliphatic heterocycles. The topological polar surface area (TPSA) is 78.9 Å². The number of hydrogen-bond acceptors (Lipinski definition) is 3. The molecular weight excluding hydrogens is 356 g/mol. The number of nitrogens with one attached hydrogen (secondary N) is 1. The summed E-state index contributed by atoms with van der Waals surface area (Å²) in [6.07, 6.45) is 0.998. The van der Waals surface area contributed by atoms with E-state index in [0.29, 0.717) is 25.9 Å². The smallest absolute Gasteiger partial charge is 0.317 e. The summed E-state index contributed by atoms with van der Waals surface area (Å²) in [4.78, 5) is 25.5. The number of rotatable bonds is 10. The van der Waals surface area contributed by atoms with Crippen molar-refractivity contribution in [2.24, 2.45) is 0 Å². The molecule has 28 heavy (non-hydrogen) atoms. The Balaban J connectivity index is 2.02. The second-order valence-corrected chi connectivity index (χ2v) is 6.63. The minimum absolute atomic E-state index is 0.0163. The van der Waals surface area contributed by atoms with Crippen molar-refractivity contribution in [3.8, 4) is 5.75 Å². The van der Waals surface area contributed by atoms with Gasteiger partial charge in [0.05, 0.1) is 7.11 Å². The minimum atomic E-state index is -0.863. The predicted molar refractivity (Wildman–Crippen MR) is 108 cm³/mol. The molecule has 0 aromatic heterocycles. The molecule has 1 atom stereocenters. The molecule has 2 rings (SSSR count). The number of methoxy groups -OCH3 is 1. The van der Waals surface area contributed by atoms with Gasteiger partial charge >= 0.3 is 12.0 Å². The van der Waals surface area contributed by atoms with Crippen LogP contribution in [0.3, 0.4) is 0 Å². The van der Waals surface area contributed by atoms with Crippen LogP contribution in [0.25, 0.3) is 0 Å². The molecule has 2 amide bonds. The summed E-state index contributed by atoms with van der Waals surface area (Å²) in [5.41, 5.74) is 2.07. The van der Waals surface area contributed by atoms with Crippen molar-refractivity contribution < 1.29 is 19.4 Å². The molecule has 0 saturated carbocycles. The summed E-state index contributed by atoms with van der Waals surface area (Å²) >= 11 is 0. The summed E-state index contributed by atoms with van der Waals surface area (Å²) < 4.78 is 5.16.